The van der Waals surface area contributed by atoms with Gasteiger partial charge in [0.05, 0.1) is 10.2 Å². The third kappa shape index (κ3) is 2.87. The molecular formula is C19H19N3OS. The van der Waals surface area contributed by atoms with Crippen molar-refractivity contribution in [1.82, 2.24) is 9.97 Å². The maximum absolute atomic E-state index is 5.82. The van der Waals surface area contributed by atoms with Crippen molar-refractivity contribution in [2.75, 3.05) is 5.32 Å². The lowest BCUT2D eigenvalue weighted by atomic mass is 10.1. The van der Waals surface area contributed by atoms with Crippen molar-refractivity contribution in [2.24, 2.45) is 0 Å². The molecule has 0 aliphatic heterocycles. The monoisotopic (exact) mass is 337 g/mol. The minimum Gasteiger partial charge on any atom is -0.423 e. The fourth-order valence-electron chi connectivity index (χ4n) is 2.79. The van der Waals surface area contributed by atoms with Gasteiger partial charge in [-0.05, 0) is 49.1 Å². The van der Waals surface area contributed by atoms with Gasteiger partial charge in [0.2, 0.25) is 0 Å². The van der Waals surface area contributed by atoms with E-state index in [1.165, 1.54) is 23.1 Å². The molecule has 0 bridgehead atoms. The maximum atomic E-state index is 5.82. The Morgan fingerprint density at radius 3 is 2.88 bits per heavy atom. The summed E-state index contributed by atoms with van der Waals surface area (Å²) >= 11 is 1.63. The predicted molar refractivity (Wildman–Crippen MR) is 100 cm³/mol. The number of aromatic nitrogens is 2. The molecule has 0 aliphatic rings. The van der Waals surface area contributed by atoms with E-state index in [0.29, 0.717) is 6.01 Å². The quantitative estimate of drug-likeness (QED) is 0.497. The normalized spacial score (nSPS) is 11.4. The summed E-state index contributed by atoms with van der Waals surface area (Å²) in [6, 6.07) is 13.0. The summed E-state index contributed by atoms with van der Waals surface area (Å²) in [6.07, 6.45) is 3.56. The van der Waals surface area contributed by atoms with E-state index in [4.69, 9.17) is 4.42 Å². The second kappa shape index (κ2) is 6.24. The number of oxazole rings is 1. The summed E-state index contributed by atoms with van der Waals surface area (Å²) in [5.41, 5.74) is 5.15. The van der Waals surface area contributed by atoms with E-state index in [2.05, 4.69) is 40.4 Å². The molecule has 0 saturated carbocycles. The van der Waals surface area contributed by atoms with Crippen LogP contribution < -0.4 is 5.32 Å². The van der Waals surface area contributed by atoms with Crippen LogP contribution in [0, 0.1) is 6.92 Å². The molecule has 0 radical (unpaired) electrons. The van der Waals surface area contributed by atoms with Crippen molar-refractivity contribution in [2.45, 2.75) is 33.1 Å². The van der Waals surface area contributed by atoms with Crippen molar-refractivity contribution in [3.63, 3.8) is 0 Å². The lowest BCUT2D eigenvalue weighted by molar-refractivity contribution is 0.620. The van der Waals surface area contributed by atoms with Gasteiger partial charge in [0.15, 0.2) is 10.7 Å². The van der Waals surface area contributed by atoms with Gasteiger partial charge in [0.1, 0.15) is 5.52 Å². The molecule has 0 spiro atoms. The molecule has 2 aromatic carbocycles. The van der Waals surface area contributed by atoms with E-state index in [-0.39, 0.29) is 0 Å². The van der Waals surface area contributed by atoms with Crippen LogP contribution in [-0.4, -0.2) is 9.97 Å². The highest BCUT2D eigenvalue weighted by molar-refractivity contribution is 7.22. The van der Waals surface area contributed by atoms with Gasteiger partial charge in [-0.3, -0.25) is 5.32 Å². The number of thiazole rings is 1. The smallest absolute Gasteiger partial charge is 0.302 e. The van der Waals surface area contributed by atoms with E-state index in [9.17, 15) is 0 Å². The number of unbranched alkanes of at least 4 members (excludes halogenated alkanes) is 1. The zero-order valence-electron chi connectivity index (χ0n) is 13.8. The largest absolute Gasteiger partial charge is 0.423 e. The Morgan fingerprint density at radius 2 is 2.04 bits per heavy atom. The Bertz CT molecular complexity index is 1000. The molecular weight excluding hydrogens is 318 g/mol. The molecule has 4 rings (SSSR count). The fraction of sp³-hybridized carbons (Fsp3) is 0.263. The molecule has 0 amide bonds. The zero-order valence-corrected chi connectivity index (χ0v) is 14.6. The summed E-state index contributed by atoms with van der Waals surface area (Å²) in [7, 11) is 0. The number of nitrogens with one attached hydrogen (secondary N) is 1. The lowest BCUT2D eigenvalue weighted by Gasteiger charge is -1.98. The first-order valence-electron chi connectivity index (χ1n) is 8.25. The molecule has 2 aromatic heterocycles. The number of benzene rings is 2. The molecule has 0 atom stereocenters. The van der Waals surface area contributed by atoms with Crippen LogP contribution in [0.5, 0.6) is 0 Å². The summed E-state index contributed by atoms with van der Waals surface area (Å²) in [4.78, 5) is 9.12. The molecule has 1 N–H and O–H groups in total. The Kier molecular flexibility index (Phi) is 3.94. The van der Waals surface area contributed by atoms with E-state index in [1.807, 2.05) is 25.1 Å². The van der Waals surface area contributed by atoms with E-state index >= 15 is 0 Å². The van der Waals surface area contributed by atoms with Gasteiger partial charge in [0.25, 0.3) is 0 Å². The highest BCUT2D eigenvalue weighted by Crippen LogP contribution is 2.30. The molecule has 4 nitrogen and oxygen atoms in total. The van der Waals surface area contributed by atoms with Crippen molar-refractivity contribution in [3.8, 4) is 0 Å². The standard InChI is InChI=1S/C19H19N3OS/c1-3-4-7-13-9-10-14-16(11-13)24-19(21-14)22-18-20-15-8-5-6-12(2)17(15)23-18/h5-6,8-11H,3-4,7H2,1-2H3,(H,20,21,22). The maximum Gasteiger partial charge on any atom is 0.302 e. The average Bonchev–Trinajstić information content (AvgIpc) is 3.16. The van der Waals surface area contributed by atoms with Crippen molar-refractivity contribution < 1.29 is 4.42 Å². The minimum atomic E-state index is 0.490. The summed E-state index contributed by atoms with van der Waals surface area (Å²) in [5.74, 6) is 0. The number of fused-ring (bicyclic) bond motifs is 2. The highest BCUT2D eigenvalue weighted by atomic mass is 32.1. The second-order valence-electron chi connectivity index (χ2n) is 5.99. The van der Waals surface area contributed by atoms with Gasteiger partial charge >= 0.3 is 6.01 Å². The van der Waals surface area contributed by atoms with E-state index in [0.717, 1.165) is 33.7 Å². The molecule has 0 unspecified atom stereocenters. The van der Waals surface area contributed by atoms with Crippen LogP contribution in [-0.2, 0) is 6.42 Å². The first-order chi connectivity index (χ1) is 11.7. The van der Waals surface area contributed by atoms with Crippen LogP contribution in [0.3, 0.4) is 0 Å². The van der Waals surface area contributed by atoms with Gasteiger partial charge in [-0.25, -0.2) is 4.98 Å². The van der Waals surface area contributed by atoms with Crippen LogP contribution >= 0.6 is 11.3 Å². The van der Waals surface area contributed by atoms with Crippen molar-refractivity contribution in [3.05, 3.63) is 47.5 Å². The lowest BCUT2D eigenvalue weighted by Crippen LogP contribution is -1.88. The van der Waals surface area contributed by atoms with Gasteiger partial charge in [-0.1, -0.05) is 42.9 Å². The van der Waals surface area contributed by atoms with Crippen LogP contribution in [0.4, 0.5) is 11.1 Å². The number of para-hydroxylation sites is 1. The summed E-state index contributed by atoms with van der Waals surface area (Å²) in [5, 5.41) is 4.01. The van der Waals surface area contributed by atoms with Crippen LogP contribution in [0.25, 0.3) is 21.3 Å². The Hall–Kier alpha value is -2.40. The molecule has 0 fully saturated rings. The number of nitrogens with zero attached hydrogens (tertiary/aromatic N) is 2. The Balaban J connectivity index is 1.62. The number of aryl methyl sites for hydroxylation is 2. The van der Waals surface area contributed by atoms with Crippen LogP contribution in [0.15, 0.2) is 40.8 Å². The van der Waals surface area contributed by atoms with Gasteiger partial charge in [-0.15, -0.1) is 0 Å². The molecule has 2 heterocycles. The molecule has 5 heteroatoms. The molecule has 0 aliphatic carbocycles. The zero-order chi connectivity index (χ0) is 16.5. The summed E-state index contributed by atoms with van der Waals surface area (Å²) < 4.78 is 7.01. The molecule has 4 aromatic rings. The Labute approximate surface area is 144 Å². The fourth-order valence-corrected chi connectivity index (χ4v) is 3.71. The summed E-state index contributed by atoms with van der Waals surface area (Å²) in [6.45, 7) is 4.24. The van der Waals surface area contributed by atoms with E-state index < -0.39 is 0 Å². The van der Waals surface area contributed by atoms with Gasteiger partial charge in [-0.2, -0.15) is 4.98 Å². The van der Waals surface area contributed by atoms with Crippen LogP contribution in [0.2, 0.25) is 0 Å². The van der Waals surface area contributed by atoms with E-state index in [1.54, 1.807) is 11.3 Å². The number of anilines is 2. The average molecular weight is 337 g/mol. The SMILES string of the molecule is CCCCc1ccc2nc(Nc3nc4cccc(C)c4o3)sc2c1. The van der Waals surface area contributed by atoms with Crippen molar-refractivity contribution >= 4 is 43.8 Å². The minimum absolute atomic E-state index is 0.490. The van der Waals surface area contributed by atoms with Crippen molar-refractivity contribution in [1.29, 1.82) is 0 Å². The third-order valence-corrected chi connectivity index (χ3v) is 5.03. The topological polar surface area (TPSA) is 51.0 Å². The molecule has 122 valence electrons. The molecule has 24 heavy (non-hydrogen) atoms. The van der Waals surface area contributed by atoms with Gasteiger partial charge in [0, 0.05) is 0 Å². The first-order valence-corrected chi connectivity index (χ1v) is 9.07. The highest BCUT2D eigenvalue weighted by Gasteiger charge is 2.10. The molecule has 0 saturated heterocycles. The van der Waals surface area contributed by atoms with Gasteiger partial charge < -0.3 is 4.42 Å². The first kappa shape index (κ1) is 15.1. The predicted octanol–water partition coefficient (Wildman–Crippen LogP) is 5.83. The second-order valence-corrected chi connectivity index (χ2v) is 7.02. The number of rotatable bonds is 5. The third-order valence-electron chi connectivity index (χ3n) is 4.10. The van der Waals surface area contributed by atoms with Crippen LogP contribution in [0.1, 0.15) is 30.9 Å². The number of hydrogen-bond donors (Lipinski definition) is 1. The Morgan fingerprint density at radius 1 is 1.12 bits per heavy atom. The number of hydrogen-bond acceptors (Lipinski definition) is 5.